The lowest BCUT2D eigenvalue weighted by Gasteiger charge is -2.31. The molecule has 20 heavy (non-hydrogen) atoms. The van der Waals surface area contributed by atoms with Crippen LogP contribution in [-0.4, -0.2) is 46.0 Å². The lowest BCUT2D eigenvalue weighted by molar-refractivity contribution is 0.135. The van der Waals surface area contributed by atoms with Gasteiger partial charge in [-0.1, -0.05) is 6.07 Å². The van der Waals surface area contributed by atoms with Crippen molar-refractivity contribution in [1.82, 2.24) is 5.32 Å². The van der Waals surface area contributed by atoms with Crippen LogP contribution in [0, 0.1) is 6.92 Å². The fourth-order valence-electron chi connectivity index (χ4n) is 2.44. The van der Waals surface area contributed by atoms with E-state index in [0.29, 0.717) is 0 Å². The summed E-state index contributed by atoms with van der Waals surface area (Å²) in [5, 5.41) is 3.39. The van der Waals surface area contributed by atoms with E-state index in [1.807, 2.05) is 0 Å². The van der Waals surface area contributed by atoms with Crippen LogP contribution < -0.4 is 15.0 Å². The average Bonchev–Trinajstić information content (AvgIpc) is 2.48. The molecule has 0 amide bonds. The highest BCUT2D eigenvalue weighted by molar-refractivity contribution is 5.60. The topological polar surface area (TPSA) is 33.7 Å². The smallest absolute Gasteiger partial charge is 0.143 e. The van der Waals surface area contributed by atoms with Crippen LogP contribution in [0.4, 0.5) is 5.69 Å². The fraction of sp³-hybridized carbons (Fsp3) is 0.625. The van der Waals surface area contributed by atoms with Gasteiger partial charge in [0.25, 0.3) is 0 Å². The Kier molecular flexibility index (Phi) is 5.68. The van der Waals surface area contributed by atoms with E-state index in [1.165, 1.54) is 11.3 Å². The highest BCUT2D eigenvalue weighted by Gasteiger charge is 2.16. The molecule has 1 heterocycles. The summed E-state index contributed by atoms with van der Waals surface area (Å²) in [5.41, 5.74) is 2.49. The number of anilines is 1. The van der Waals surface area contributed by atoms with Crippen molar-refractivity contribution in [3.05, 3.63) is 23.8 Å². The van der Waals surface area contributed by atoms with Gasteiger partial charge < -0.3 is 19.7 Å². The highest BCUT2D eigenvalue weighted by Crippen LogP contribution is 2.31. The van der Waals surface area contributed by atoms with Gasteiger partial charge in [-0.3, -0.25) is 0 Å². The first-order chi connectivity index (χ1) is 9.70. The van der Waals surface area contributed by atoms with Gasteiger partial charge in [0.1, 0.15) is 5.75 Å². The van der Waals surface area contributed by atoms with E-state index in [0.717, 1.165) is 45.0 Å². The van der Waals surface area contributed by atoms with E-state index in [9.17, 15) is 0 Å². The van der Waals surface area contributed by atoms with Crippen LogP contribution in [0.1, 0.15) is 18.9 Å². The number of methoxy groups -OCH3 is 1. The molecule has 1 aliphatic heterocycles. The summed E-state index contributed by atoms with van der Waals surface area (Å²) in [4.78, 5) is 2.40. The number of aryl methyl sites for hydroxylation is 1. The number of ether oxygens (including phenoxy) is 2. The van der Waals surface area contributed by atoms with E-state index in [4.69, 9.17) is 9.47 Å². The first-order valence-corrected chi connectivity index (χ1v) is 7.42. The number of hydrogen-bond donors (Lipinski definition) is 1. The Hall–Kier alpha value is -1.26. The summed E-state index contributed by atoms with van der Waals surface area (Å²) >= 11 is 0. The number of piperazine rings is 1. The Bertz CT molecular complexity index is 417. The third-order valence-corrected chi connectivity index (χ3v) is 3.63. The standard InChI is InChI=1S/C16H26N2O2/c1-13-4-5-16(20-14(2)6-11-19-3)15(12-13)18-9-7-17-8-10-18/h4-5,12,14,17H,6-11H2,1-3H3. The van der Waals surface area contributed by atoms with Gasteiger partial charge in [0.2, 0.25) is 0 Å². The van der Waals surface area contributed by atoms with Gasteiger partial charge in [0.05, 0.1) is 11.8 Å². The molecule has 0 bridgehead atoms. The largest absolute Gasteiger partial charge is 0.488 e. The molecule has 4 heteroatoms. The minimum Gasteiger partial charge on any atom is -0.488 e. The van der Waals surface area contributed by atoms with Crippen molar-refractivity contribution in [3.8, 4) is 5.75 Å². The van der Waals surface area contributed by atoms with Gasteiger partial charge in [-0.25, -0.2) is 0 Å². The van der Waals surface area contributed by atoms with E-state index >= 15 is 0 Å². The summed E-state index contributed by atoms with van der Waals surface area (Å²) in [6.45, 7) is 9.10. The van der Waals surface area contributed by atoms with Crippen molar-refractivity contribution in [3.63, 3.8) is 0 Å². The summed E-state index contributed by atoms with van der Waals surface area (Å²) in [6.07, 6.45) is 1.07. The van der Waals surface area contributed by atoms with Gasteiger partial charge in [-0.05, 0) is 31.5 Å². The van der Waals surface area contributed by atoms with E-state index in [1.54, 1.807) is 7.11 Å². The molecular formula is C16H26N2O2. The molecule has 0 radical (unpaired) electrons. The van der Waals surface area contributed by atoms with Crippen LogP contribution in [0.15, 0.2) is 18.2 Å². The van der Waals surface area contributed by atoms with Crippen LogP contribution in [0.5, 0.6) is 5.75 Å². The summed E-state index contributed by atoms with van der Waals surface area (Å²) < 4.78 is 11.2. The monoisotopic (exact) mass is 278 g/mol. The molecule has 1 N–H and O–H groups in total. The fourth-order valence-corrected chi connectivity index (χ4v) is 2.44. The normalized spacial score (nSPS) is 17.1. The van der Waals surface area contributed by atoms with Crippen molar-refractivity contribution < 1.29 is 9.47 Å². The Morgan fingerprint density at radius 2 is 2.05 bits per heavy atom. The maximum atomic E-state index is 6.11. The Morgan fingerprint density at radius 1 is 1.30 bits per heavy atom. The number of nitrogens with one attached hydrogen (secondary N) is 1. The summed E-state index contributed by atoms with van der Waals surface area (Å²) in [6, 6.07) is 6.43. The Morgan fingerprint density at radius 3 is 2.75 bits per heavy atom. The molecule has 0 aliphatic carbocycles. The minimum absolute atomic E-state index is 0.166. The first-order valence-electron chi connectivity index (χ1n) is 7.42. The molecule has 1 aromatic carbocycles. The number of rotatable bonds is 6. The molecule has 0 aromatic heterocycles. The second kappa shape index (κ2) is 7.50. The third-order valence-electron chi connectivity index (χ3n) is 3.63. The van der Waals surface area contributed by atoms with Crippen molar-refractivity contribution in [2.45, 2.75) is 26.4 Å². The number of hydrogen-bond acceptors (Lipinski definition) is 4. The molecule has 1 unspecified atom stereocenters. The van der Waals surface area contributed by atoms with E-state index < -0.39 is 0 Å². The molecule has 1 aliphatic rings. The predicted octanol–water partition coefficient (Wildman–Crippen LogP) is 2.21. The van der Waals surface area contributed by atoms with E-state index in [-0.39, 0.29) is 6.10 Å². The second-order valence-electron chi connectivity index (χ2n) is 5.42. The maximum Gasteiger partial charge on any atom is 0.143 e. The molecule has 4 nitrogen and oxygen atoms in total. The van der Waals surface area contributed by atoms with Crippen LogP contribution in [0.3, 0.4) is 0 Å². The molecule has 0 spiro atoms. The van der Waals surface area contributed by atoms with Crippen LogP contribution in [0.2, 0.25) is 0 Å². The van der Waals surface area contributed by atoms with Crippen LogP contribution >= 0.6 is 0 Å². The van der Waals surface area contributed by atoms with Crippen molar-refractivity contribution >= 4 is 5.69 Å². The summed E-state index contributed by atoms with van der Waals surface area (Å²) in [5.74, 6) is 0.987. The SMILES string of the molecule is COCCC(C)Oc1ccc(C)cc1N1CCNCC1. The van der Waals surface area contributed by atoms with Crippen LogP contribution in [0.25, 0.3) is 0 Å². The van der Waals surface area contributed by atoms with Gasteiger partial charge in [0.15, 0.2) is 0 Å². The lowest BCUT2D eigenvalue weighted by atomic mass is 10.1. The van der Waals surface area contributed by atoms with E-state index in [2.05, 4.69) is 42.3 Å². The van der Waals surface area contributed by atoms with Gasteiger partial charge in [-0.15, -0.1) is 0 Å². The number of nitrogens with zero attached hydrogens (tertiary/aromatic N) is 1. The Labute approximate surface area is 122 Å². The average molecular weight is 278 g/mol. The maximum absolute atomic E-state index is 6.11. The Balaban J connectivity index is 2.10. The van der Waals surface area contributed by atoms with Gasteiger partial charge >= 0.3 is 0 Å². The molecule has 1 atom stereocenters. The molecule has 1 saturated heterocycles. The lowest BCUT2D eigenvalue weighted by Crippen LogP contribution is -2.43. The van der Waals surface area contributed by atoms with Crippen molar-refractivity contribution in [1.29, 1.82) is 0 Å². The third kappa shape index (κ3) is 4.12. The molecule has 1 fully saturated rings. The van der Waals surface area contributed by atoms with Gasteiger partial charge in [-0.2, -0.15) is 0 Å². The zero-order chi connectivity index (χ0) is 14.4. The van der Waals surface area contributed by atoms with Crippen molar-refractivity contribution in [2.75, 3.05) is 44.8 Å². The molecule has 2 rings (SSSR count). The first kappa shape index (κ1) is 15.1. The zero-order valence-corrected chi connectivity index (χ0v) is 12.8. The van der Waals surface area contributed by atoms with Gasteiger partial charge in [0, 0.05) is 46.3 Å². The molecule has 0 saturated carbocycles. The minimum atomic E-state index is 0.166. The quantitative estimate of drug-likeness (QED) is 0.865. The molecule has 112 valence electrons. The van der Waals surface area contributed by atoms with Crippen LogP contribution in [-0.2, 0) is 4.74 Å². The predicted molar refractivity (Wildman–Crippen MR) is 82.8 cm³/mol. The highest BCUT2D eigenvalue weighted by atomic mass is 16.5. The second-order valence-corrected chi connectivity index (χ2v) is 5.42. The zero-order valence-electron chi connectivity index (χ0n) is 12.8. The summed E-state index contributed by atoms with van der Waals surface area (Å²) in [7, 11) is 1.73. The molecular weight excluding hydrogens is 252 g/mol. The van der Waals surface area contributed by atoms with Crippen molar-refractivity contribution in [2.24, 2.45) is 0 Å². The molecule has 1 aromatic rings. The number of benzene rings is 1.